The molecule has 3 heterocycles. The second kappa shape index (κ2) is 10.1. The molecule has 27 heavy (non-hydrogen) atoms. The maximum atomic E-state index is 6.28. The third-order valence-electron chi connectivity index (χ3n) is 5.32. The summed E-state index contributed by atoms with van der Waals surface area (Å²) in [7, 11) is 4.04. The van der Waals surface area contributed by atoms with Gasteiger partial charge in [-0.1, -0.05) is 11.6 Å². The molecule has 1 atom stereocenters. The van der Waals surface area contributed by atoms with Gasteiger partial charge in [0.05, 0.1) is 5.02 Å². The Bertz CT molecular complexity index is 624. The number of hydrogen-bond acceptors (Lipinski definition) is 5. The molecule has 2 saturated heterocycles. The SMILES string of the molecule is CN=C(NCCN1CCCN(C)CC1)NC1CCN(c2ncccc2Cl)C1. The largest absolute Gasteiger partial charge is 0.355 e. The maximum Gasteiger partial charge on any atom is 0.191 e. The lowest BCUT2D eigenvalue weighted by atomic mass is 10.3. The molecule has 8 heteroatoms. The Hall–Kier alpha value is -1.57. The molecule has 2 aliphatic rings. The number of rotatable bonds is 5. The molecule has 0 spiro atoms. The molecule has 0 amide bonds. The summed E-state index contributed by atoms with van der Waals surface area (Å²) in [5.41, 5.74) is 0. The van der Waals surface area contributed by atoms with Crippen molar-refractivity contribution in [3.8, 4) is 0 Å². The minimum atomic E-state index is 0.348. The molecular weight excluding hydrogens is 362 g/mol. The summed E-state index contributed by atoms with van der Waals surface area (Å²) >= 11 is 6.28. The molecule has 2 aliphatic heterocycles. The van der Waals surface area contributed by atoms with Gasteiger partial charge < -0.3 is 25.3 Å². The Morgan fingerprint density at radius 2 is 2.19 bits per heavy atom. The highest BCUT2D eigenvalue weighted by molar-refractivity contribution is 6.32. The monoisotopic (exact) mass is 393 g/mol. The van der Waals surface area contributed by atoms with E-state index in [-0.39, 0.29) is 0 Å². The van der Waals surface area contributed by atoms with Crippen LogP contribution in [-0.2, 0) is 0 Å². The maximum absolute atomic E-state index is 6.28. The van der Waals surface area contributed by atoms with E-state index in [1.165, 1.54) is 19.5 Å². The Balaban J connectivity index is 1.41. The summed E-state index contributed by atoms with van der Waals surface area (Å²) in [6.45, 7) is 8.48. The summed E-state index contributed by atoms with van der Waals surface area (Å²) in [5.74, 6) is 1.75. The topological polar surface area (TPSA) is 59.0 Å². The first kappa shape index (κ1) is 20.2. The number of pyridine rings is 1. The van der Waals surface area contributed by atoms with Crippen LogP contribution in [0.15, 0.2) is 23.3 Å². The summed E-state index contributed by atoms with van der Waals surface area (Å²) < 4.78 is 0. The number of halogens is 1. The van der Waals surface area contributed by atoms with E-state index in [0.717, 1.165) is 57.5 Å². The minimum Gasteiger partial charge on any atom is -0.355 e. The fourth-order valence-electron chi connectivity index (χ4n) is 3.72. The highest BCUT2D eigenvalue weighted by Crippen LogP contribution is 2.25. The third kappa shape index (κ3) is 5.96. The predicted molar refractivity (Wildman–Crippen MR) is 113 cm³/mol. The molecule has 0 aromatic carbocycles. The number of guanidine groups is 1. The summed E-state index contributed by atoms with van der Waals surface area (Å²) in [5, 5.41) is 7.72. The molecule has 150 valence electrons. The van der Waals surface area contributed by atoms with Gasteiger partial charge in [0.15, 0.2) is 5.96 Å². The lowest BCUT2D eigenvalue weighted by Crippen LogP contribution is -2.46. The average molecular weight is 394 g/mol. The number of aliphatic imine (C=N–C) groups is 1. The van der Waals surface area contributed by atoms with Gasteiger partial charge in [-0.25, -0.2) is 4.98 Å². The average Bonchev–Trinajstić information content (AvgIpc) is 3.03. The van der Waals surface area contributed by atoms with Crippen molar-refractivity contribution in [3.63, 3.8) is 0 Å². The third-order valence-corrected chi connectivity index (χ3v) is 5.62. The molecule has 0 saturated carbocycles. The number of nitrogens with zero attached hydrogens (tertiary/aromatic N) is 5. The molecule has 0 aliphatic carbocycles. The van der Waals surface area contributed by atoms with Gasteiger partial charge in [0, 0.05) is 58.6 Å². The lowest BCUT2D eigenvalue weighted by Gasteiger charge is -2.22. The second-order valence-electron chi connectivity index (χ2n) is 7.38. The van der Waals surface area contributed by atoms with Crippen molar-refractivity contribution >= 4 is 23.4 Å². The van der Waals surface area contributed by atoms with E-state index in [0.29, 0.717) is 11.1 Å². The van der Waals surface area contributed by atoms with Gasteiger partial charge in [-0.2, -0.15) is 0 Å². The molecule has 7 nitrogen and oxygen atoms in total. The first-order chi connectivity index (χ1) is 13.2. The van der Waals surface area contributed by atoms with Crippen LogP contribution in [0, 0.1) is 0 Å². The zero-order chi connectivity index (χ0) is 19.1. The van der Waals surface area contributed by atoms with Crippen LogP contribution in [0.25, 0.3) is 0 Å². The molecule has 1 unspecified atom stereocenters. The highest BCUT2D eigenvalue weighted by atomic mass is 35.5. The highest BCUT2D eigenvalue weighted by Gasteiger charge is 2.25. The zero-order valence-electron chi connectivity index (χ0n) is 16.5. The quantitative estimate of drug-likeness (QED) is 0.577. The van der Waals surface area contributed by atoms with Crippen molar-refractivity contribution in [3.05, 3.63) is 23.4 Å². The van der Waals surface area contributed by atoms with Crippen molar-refractivity contribution in [1.29, 1.82) is 0 Å². The first-order valence-corrected chi connectivity index (χ1v) is 10.3. The van der Waals surface area contributed by atoms with E-state index in [9.17, 15) is 0 Å². The van der Waals surface area contributed by atoms with Crippen LogP contribution in [0.1, 0.15) is 12.8 Å². The second-order valence-corrected chi connectivity index (χ2v) is 7.79. The molecular formula is C19H32ClN7. The predicted octanol–water partition coefficient (Wildman–Crippen LogP) is 1.12. The summed E-state index contributed by atoms with van der Waals surface area (Å²) in [6.07, 6.45) is 4.09. The van der Waals surface area contributed by atoms with Crippen LogP contribution in [0.3, 0.4) is 0 Å². The van der Waals surface area contributed by atoms with Gasteiger partial charge in [0.1, 0.15) is 5.82 Å². The van der Waals surface area contributed by atoms with Crippen LogP contribution in [-0.4, -0.2) is 93.2 Å². The minimum absolute atomic E-state index is 0.348. The molecule has 0 radical (unpaired) electrons. The van der Waals surface area contributed by atoms with Crippen LogP contribution in [0.2, 0.25) is 5.02 Å². The van der Waals surface area contributed by atoms with Gasteiger partial charge in [0.2, 0.25) is 0 Å². The fraction of sp³-hybridized carbons (Fsp3) is 0.684. The first-order valence-electron chi connectivity index (χ1n) is 9.89. The Labute approximate surface area is 167 Å². The molecule has 0 bridgehead atoms. The smallest absolute Gasteiger partial charge is 0.191 e. The van der Waals surface area contributed by atoms with E-state index in [1.807, 2.05) is 19.2 Å². The van der Waals surface area contributed by atoms with Gasteiger partial charge in [-0.3, -0.25) is 4.99 Å². The fourth-order valence-corrected chi connectivity index (χ4v) is 3.97. The normalized spacial score (nSPS) is 22.7. The molecule has 2 N–H and O–H groups in total. The van der Waals surface area contributed by atoms with Crippen molar-refractivity contribution in [2.24, 2.45) is 4.99 Å². The Morgan fingerprint density at radius 1 is 1.30 bits per heavy atom. The lowest BCUT2D eigenvalue weighted by molar-refractivity contribution is 0.280. The van der Waals surface area contributed by atoms with Crippen molar-refractivity contribution < 1.29 is 0 Å². The van der Waals surface area contributed by atoms with Crippen LogP contribution in [0.4, 0.5) is 5.82 Å². The zero-order valence-corrected chi connectivity index (χ0v) is 17.3. The number of anilines is 1. The van der Waals surface area contributed by atoms with E-state index in [1.54, 1.807) is 6.20 Å². The number of likely N-dealkylation sites (N-methyl/N-ethyl adjacent to an activating group) is 1. The summed E-state index contributed by atoms with van der Waals surface area (Å²) in [6, 6.07) is 4.11. The Morgan fingerprint density at radius 3 is 3.00 bits per heavy atom. The van der Waals surface area contributed by atoms with Crippen molar-refractivity contribution in [1.82, 2.24) is 25.4 Å². The van der Waals surface area contributed by atoms with Crippen LogP contribution in [0.5, 0.6) is 0 Å². The van der Waals surface area contributed by atoms with E-state index in [4.69, 9.17) is 11.6 Å². The van der Waals surface area contributed by atoms with Crippen molar-refractivity contribution in [2.45, 2.75) is 18.9 Å². The molecule has 3 rings (SSSR count). The number of hydrogen-bond donors (Lipinski definition) is 2. The van der Waals surface area contributed by atoms with Crippen LogP contribution >= 0.6 is 11.6 Å². The molecule has 1 aromatic rings. The van der Waals surface area contributed by atoms with Crippen LogP contribution < -0.4 is 15.5 Å². The van der Waals surface area contributed by atoms with E-state index < -0.39 is 0 Å². The number of nitrogens with one attached hydrogen (secondary N) is 2. The number of aromatic nitrogens is 1. The van der Waals surface area contributed by atoms with Gasteiger partial charge in [-0.05, 0) is 45.1 Å². The van der Waals surface area contributed by atoms with E-state index in [2.05, 4.69) is 42.4 Å². The molecule has 2 fully saturated rings. The summed E-state index contributed by atoms with van der Waals surface area (Å²) in [4.78, 5) is 16.0. The van der Waals surface area contributed by atoms with Gasteiger partial charge in [0.25, 0.3) is 0 Å². The Kier molecular flexibility index (Phi) is 7.55. The van der Waals surface area contributed by atoms with Crippen molar-refractivity contribution in [2.75, 3.05) is 71.4 Å². The van der Waals surface area contributed by atoms with Gasteiger partial charge in [-0.15, -0.1) is 0 Å². The standard InChI is InChI=1S/C19H32ClN7/c1-21-19(23-8-12-26-10-4-9-25(2)13-14-26)24-16-6-11-27(15-16)18-17(20)5-3-7-22-18/h3,5,7,16H,4,6,8-15H2,1-2H3,(H2,21,23,24). The van der Waals surface area contributed by atoms with Gasteiger partial charge >= 0.3 is 0 Å². The molecule has 1 aromatic heterocycles. The van der Waals surface area contributed by atoms with E-state index >= 15 is 0 Å².